The first-order valence-corrected chi connectivity index (χ1v) is 9.71. The summed E-state index contributed by atoms with van der Waals surface area (Å²) in [6.07, 6.45) is 3.90. The molecule has 1 fully saturated rings. The Kier molecular flexibility index (Phi) is 4.60. The van der Waals surface area contributed by atoms with Crippen molar-refractivity contribution in [3.63, 3.8) is 0 Å². The van der Waals surface area contributed by atoms with E-state index < -0.39 is 16.6 Å². The van der Waals surface area contributed by atoms with Crippen LogP contribution in [-0.2, 0) is 15.7 Å². The van der Waals surface area contributed by atoms with E-state index in [-0.39, 0.29) is 4.75 Å². The number of hydrogen-bond acceptors (Lipinski definition) is 3. The minimum Gasteiger partial charge on any atom is -0.480 e. The highest BCUT2D eigenvalue weighted by atomic mass is 79.9. The van der Waals surface area contributed by atoms with Crippen molar-refractivity contribution in [2.75, 3.05) is 13.2 Å². The zero-order chi connectivity index (χ0) is 16.7. The summed E-state index contributed by atoms with van der Waals surface area (Å²) in [6, 6.07) is 5.90. The summed E-state index contributed by atoms with van der Waals surface area (Å²) in [4.78, 5) is 0. The molecule has 0 bridgehead atoms. The van der Waals surface area contributed by atoms with Gasteiger partial charge in [-0.2, -0.15) is 0 Å². The van der Waals surface area contributed by atoms with Gasteiger partial charge in [0.05, 0.1) is 17.1 Å². The Bertz CT molecular complexity index is 660. The fourth-order valence-electron chi connectivity index (χ4n) is 2.71. The molecule has 3 rings (SSSR count). The quantitative estimate of drug-likeness (QED) is 0.822. The first-order chi connectivity index (χ1) is 10.8. The van der Waals surface area contributed by atoms with E-state index in [1.807, 2.05) is 45.0 Å². The number of halogens is 1. The van der Waals surface area contributed by atoms with Crippen LogP contribution in [0.5, 0.6) is 5.75 Å². The molecule has 1 saturated heterocycles. The molecule has 1 aromatic carbocycles. The zero-order valence-electron chi connectivity index (χ0n) is 13.6. The van der Waals surface area contributed by atoms with Crippen LogP contribution in [0.3, 0.4) is 0 Å². The third-order valence-corrected chi connectivity index (χ3v) is 5.96. The predicted octanol–water partition coefficient (Wildman–Crippen LogP) is 3.78. The van der Waals surface area contributed by atoms with Crippen molar-refractivity contribution in [1.82, 2.24) is 4.72 Å². The Balaban J connectivity index is 2.00. The number of hydrogen-bond donors (Lipinski definition) is 1. The molecule has 0 aromatic heterocycles. The summed E-state index contributed by atoms with van der Waals surface area (Å²) in [6.45, 7) is 7.16. The highest BCUT2D eigenvalue weighted by molar-refractivity contribution is 9.10. The molecule has 126 valence electrons. The summed E-state index contributed by atoms with van der Waals surface area (Å²) in [5.74, 6) is 0.801. The summed E-state index contributed by atoms with van der Waals surface area (Å²) in [5, 5.41) is 0. The minimum atomic E-state index is -1.20. The number of fused-ring (bicyclic) bond motifs is 1. The van der Waals surface area contributed by atoms with Crippen LogP contribution in [0.15, 0.2) is 28.7 Å². The molecule has 1 aromatic rings. The van der Waals surface area contributed by atoms with Crippen LogP contribution in [-0.4, -0.2) is 27.8 Å². The second-order valence-corrected chi connectivity index (χ2v) is 9.89. The van der Waals surface area contributed by atoms with Crippen LogP contribution < -0.4 is 9.46 Å². The Hall–Kier alpha value is -0.850. The van der Waals surface area contributed by atoms with Gasteiger partial charge < -0.3 is 14.2 Å². The monoisotopic (exact) mass is 399 g/mol. The van der Waals surface area contributed by atoms with E-state index in [0.29, 0.717) is 6.61 Å². The molecule has 2 unspecified atom stereocenters. The molecule has 0 saturated carbocycles. The standard InChI is InChI=1S/C17H22BrNO3S/c1-16(2,3)23(20)19-14-10-17(7-4-8-21-11-17)22-15-6-5-12(18)9-13(14)15/h5-6,9-10,19H,4,7-8,11H2,1-3H3. The van der Waals surface area contributed by atoms with Gasteiger partial charge in [-0.1, -0.05) is 15.9 Å². The van der Waals surface area contributed by atoms with Gasteiger partial charge in [0.25, 0.3) is 0 Å². The fraction of sp³-hybridized carbons (Fsp3) is 0.529. The lowest BCUT2D eigenvalue weighted by Gasteiger charge is -2.39. The van der Waals surface area contributed by atoms with Crippen LogP contribution >= 0.6 is 15.9 Å². The molecule has 4 nitrogen and oxygen atoms in total. The van der Waals surface area contributed by atoms with Crippen molar-refractivity contribution in [2.45, 2.75) is 44.0 Å². The fourth-order valence-corrected chi connectivity index (χ4v) is 3.75. The van der Waals surface area contributed by atoms with E-state index in [4.69, 9.17) is 9.47 Å². The van der Waals surface area contributed by atoms with Crippen LogP contribution in [0.1, 0.15) is 39.2 Å². The molecule has 0 amide bonds. The molecule has 2 atom stereocenters. The van der Waals surface area contributed by atoms with Gasteiger partial charge in [-0.25, -0.2) is 4.21 Å². The van der Waals surface area contributed by atoms with E-state index in [0.717, 1.165) is 40.9 Å². The minimum absolute atomic E-state index is 0.346. The molecule has 0 aliphatic carbocycles. The van der Waals surface area contributed by atoms with E-state index in [9.17, 15) is 4.21 Å². The molecular weight excluding hydrogens is 378 g/mol. The van der Waals surface area contributed by atoms with Crippen molar-refractivity contribution in [3.8, 4) is 5.75 Å². The molecule has 23 heavy (non-hydrogen) atoms. The lowest BCUT2D eigenvalue weighted by Crippen LogP contribution is -2.45. The van der Waals surface area contributed by atoms with Gasteiger partial charge >= 0.3 is 0 Å². The third-order valence-electron chi connectivity index (χ3n) is 3.95. The number of benzene rings is 1. The maximum Gasteiger partial charge on any atom is 0.153 e. The van der Waals surface area contributed by atoms with Crippen LogP contribution in [0.4, 0.5) is 0 Å². The van der Waals surface area contributed by atoms with Crippen molar-refractivity contribution < 1.29 is 13.7 Å². The average Bonchev–Trinajstić information content (AvgIpc) is 2.48. The highest BCUT2D eigenvalue weighted by Crippen LogP contribution is 2.40. The Morgan fingerprint density at radius 3 is 2.78 bits per heavy atom. The van der Waals surface area contributed by atoms with Crippen LogP contribution in [0.25, 0.3) is 5.70 Å². The second kappa shape index (κ2) is 6.22. The van der Waals surface area contributed by atoms with Gasteiger partial charge in [-0.3, -0.25) is 0 Å². The van der Waals surface area contributed by atoms with Gasteiger partial charge in [0.1, 0.15) is 16.7 Å². The summed E-state index contributed by atoms with van der Waals surface area (Å²) in [7, 11) is -1.20. The summed E-state index contributed by atoms with van der Waals surface area (Å²) in [5.41, 5.74) is 1.31. The smallest absolute Gasteiger partial charge is 0.153 e. The van der Waals surface area contributed by atoms with Gasteiger partial charge in [0.2, 0.25) is 0 Å². The summed E-state index contributed by atoms with van der Waals surface area (Å²) < 4.78 is 28.3. The van der Waals surface area contributed by atoms with Gasteiger partial charge in [-0.15, -0.1) is 0 Å². The van der Waals surface area contributed by atoms with Crippen molar-refractivity contribution in [2.24, 2.45) is 0 Å². The average molecular weight is 400 g/mol. The van der Waals surface area contributed by atoms with E-state index in [1.54, 1.807) is 0 Å². The Morgan fingerprint density at radius 1 is 1.35 bits per heavy atom. The van der Waals surface area contributed by atoms with Crippen molar-refractivity contribution in [3.05, 3.63) is 34.3 Å². The predicted molar refractivity (Wildman–Crippen MR) is 96.6 cm³/mol. The van der Waals surface area contributed by atoms with Gasteiger partial charge in [0, 0.05) is 16.6 Å². The molecule has 2 heterocycles. The lowest BCUT2D eigenvalue weighted by molar-refractivity contribution is -0.0399. The first kappa shape index (κ1) is 17.0. The maximum absolute atomic E-state index is 12.6. The Morgan fingerprint density at radius 2 is 2.13 bits per heavy atom. The molecular formula is C17H22BrNO3S. The van der Waals surface area contributed by atoms with E-state index in [2.05, 4.69) is 20.7 Å². The normalized spacial score (nSPS) is 25.3. The second-order valence-electron chi connectivity index (χ2n) is 7.00. The van der Waals surface area contributed by atoms with Crippen LogP contribution in [0.2, 0.25) is 0 Å². The molecule has 2 aliphatic rings. The summed E-state index contributed by atoms with van der Waals surface area (Å²) >= 11 is 3.50. The maximum atomic E-state index is 12.6. The SMILES string of the molecule is CC(C)(C)S(=O)NC1=CC2(CCCOC2)Oc2ccc(Br)cc21. The highest BCUT2D eigenvalue weighted by Gasteiger charge is 2.38. The lowest BCUT2D eigenvalue weighted by atomic mass is 9.91. The molecule has 2 aliphatic heterocycles. The number of ether oxygens (including phenoxy) is 2. The topological polar surface area (TPSA) is 47.6 Å². The number of rotatable bonds is 2. The van der Waals surface area contributed by atoms with E-state index >= 15 is 0 Å². The largest absolute Gasteiger partial charge is 0.480 e. The third kappa shape index (κ3) is 3.64. The molecule has 6 heteroatoms. The molecule has 1 spiro atoms. The van der Waals surface area contributed by atoms with Gasteiger partial charge in [0.15, 0.2) is 5.60 Å². The zero-order valence-corrected chi connectivity index (χ0v) is 16.1. The molecule has 0 radical (unpaired) electrons. The Labute approximate surface area is 148 Å². The van der Waals surface area contributed by atoms with Gasteiger partial charge in [-0.05, 0) is 57.9 Å². The van der Waals surface area contributed by atoms with E-state index in [1.165, 1.54) is 0 Å². The van der Waals surface area contributed by atoms with Crippen LogP contribution in [0, 0.1) is 0 Å². The first-order valence-electron chi connectivity index (χ1n) is 7.77. The van der Waals surface area contributed by atoms with Crippen molar-refractivity contribution >= 4 is 32.6 Å². The number of nitrogens with one attached hydrogen (secondary N) is 1. The molecule has 1 N–H and O–H groups in total. The van der Waals surface area contributed by atoms with Crippen molar-refractivity contribution in [1.29, 1.82) is 0 Å².